The van der Waals surface area contributed by atoms with Crippen molar-refractivity contribution in [1.29, 1.82) is 5.26 Å². The average Bonchev–Trinajstić information content (AvgIpc) is 2.60. The zero-order valence-electron chi connectivity index (χ0n) is 18.2. The Balaban J connectivity index is -0.0000000658. The first-order valence-corrected chi connectivity index (χ1v) is 7.49. The number of hydrogen-bond acceptors (Lipinski definition) is 3. The maximum atomic E-state index is 8.92. The van der Waals surface area contributed by atoms with Crippen LogP contribution in [0.15, 0.2) is 78.9 Å². The molecule has 3 radical (unpaired) electrons. The van der Waals surface area contributed by atoms with E-state index < -0.39 is 0 Å². The van der Waals surface area contributed by atoms with Crippen molar-refractivity contribution in [2.24, 2.45) is 0 Å². The summed E-state index contributed by atoms with van der Waals surface area (Å²) in [5.41, 5.74) is 2.73. The molecule has 0 aliphatic rings. The second-order valence-corrected chi connectivity index (χ2v) is 5.05. The molecule has 0 saturated heterocycles. The SMILES string of the molecule is Cc1ccccc1C#N.Cc1ccccc1O.Oc1ccccc1.[CH3-].[CH3-].[CH3-].[V].[V].[V]. The van der Waals surface area contributed by atoms with E-state index in [0.29, 0.717) is 11.5 Å². The van der Waals surface area contributed by atoms with Crippen LogP contribution < -0.4 is 0 Å². The Morgan fingerprint density at radius 2 is 1.00 bits per heavy atom. The second-order valence-electron chi connectivity index (χ2n) is 5.05. The van der Waals surface area contributed by atoms with Gasteiger partial charge in [-0.1, -0.05) is 54.6 Å². The van der Waals surface area contributed by atoms with Gasteiger partial charge < -0.3 is 32.5 Å². The standard InChI is InChI=1S/C8H7N.C7H8O.C6H6O.3CH3.3V/c1-7-4-2-3-5-8(7)6-9;1-6-4-2-3-5-7(6)8;7-6-4-2-1-3-5-6;;;;;;/h2-5H,1H3;2-5,8H,1H3;1-5,7H;3*1H3;;;/q;;;3*-1;;;. The summed E-state index contributed by atoms with van der Waals surface area (Å²) in [6.45, 7) is 3.80. The topological polar surface area (TPSA) is 64.2 Å². The molecule has 0 bridgehead atoms. The van der Waals surface area contributed by atoms with Gasteiger partial charge in [0.1, 0.15) is 11.5 Å². The van der Waals surface area contributed by atoms with Crippen LogP contribution in [0.4, 0.5) is 0 Å². The van der Waals surface area contributed by atoms with Crippen LogP contribution in [0.2, 0.25) is 0 Å². The Bertz CT molecular complexity index is 771. The molecule has 0 saturated carbocycles. The second kappa shape index (κ2) is 25.5. The monoisotopic (exact) mass is 517 g/mol. The molecule has 3 rings (SSSR count). The smallest absolute Gasteiger partial charge is 0.118 e. The molecule has 30 heavy (non-hydrogen) atoms. The van der Waals surface area contributed by atoms with E-state index in [2.05, 4.69) is 6.07 Å². The van der Waals surface area contributed by atoms with Crippen molar-refractivity contribution in [2.75, 3.05) is 0 Å². The van der Waals surface area contributed by atoms with E-state index in [9.17, 15) is 0 Å². The number of aryl methyl sites for hydroxylation is 2. The van der Waals surface area contributed by atoms with Crippen LogP contribution >= 0.6 is 0 Å². The number of phenolic OH excluding ortho intramolecular Hbond substituents is 2. The van der Waals surface area contributed by atoms with E-state index in [0.717, 1.165) is 16.7 Å². The van der Waals surface area contributed by atoms with Gasteiger partial charge in [-0.15, -0.1) is 0 Å². The normalized spacial score (nSPS) is 6.97. The third-order valence-electron chi connectivity index (χ3n) is 3.14. The first-order valence-electron chi connectivity index (χ1n) is 7.49. The average molecular weight is 517 g/mol. The predicted octanol–water partition coefficient (Wildman–Crippen LogP) is 6.30. The number of hydrogen-bond donors (Lipinski definition) is 2. The van der Waals surface area contributed by atoms with Crippen LogP contribution in [0.1, 0.15) is 16.7 Å². The van der Waals surface area contributed by atoms with Crippen molar-refractivity contribution < 1.29 is 65.9 Å². The van der Waals surface area contributed by atoms with Crippen LogP contribution in [-0.4, -0.2) is 10.2 Å². The maximum absolute atomic E-state index is 8.92. The minimum Gasteiger partial charge on any atom is -0.508 e. The number of nitrogens with zero attached hydrogens (tertiary/aromatic N) is 1. The van der Waals surface area contributed by atoms with Crippen LogP contribution in [0, 0.1) is 47.5 Å². The van der Waals surface area contributed by atoms with E-state index in [1.54, 1.807) is 30.3 Å². The van der Waals surface area contributed by atoms with Gasteiger partial charge in [0, 0.05) is 55.7 Å². The molecule has 0 aliphatic carbocycles. The van der Waals surface area contributed by atoms with Crippen molar-refractivity contribution in [3.05, 3.63) is 118 Å². The third kappa shape index (κ3) is 18.5. The van der Waals surface area contributed by atoms with Gasteiger partial charge in [-0.2, -0.15) is 5.26 Å². The molecule has 0 atom stereocenters. The Hall–Kier alpha value is -1.50. The Morgan fingerprint density at radius 3 is 1.27 bits per heavy atom. The van der Waals surface area contributed by atoms with Crippen LogP contribution in [-0.2, 0) is 55.7 Å². The van der Waals surface area contributed by atoms with Gasteiger partial charge >= 0.3 is 0 Å². The summed E-state index contributed by atoms with van der Waals surface area (Å²) in [7, 11) is 0. The van der Waals surface area contributed by atoms with E-state index in [1.165, 1.54) is 0 Å². The maximum Gasteiger partial charge on any atom is 0.118 e. The fourth-order valence-corrected chi connectivity index (χ4v) is 1.69. The summed E-state index contributed by atoms with van der Waals surface area (Å²) >= 11 is 0. The molecule has 3 aromatic carbocycles. The van der Waals surface area contributed by atoms with Gasteiger partial charge in [0.2, 0.25) is 0 Å². The molecule has 3 aromatic rings. The fourth-order valence-electron chi connectivity index (χ4n) is 1.69. The van der Waals surface area contributed by atoms with Gasteiger partial charge in [-0.3, -0.25) is 0 Å². The molecule has 2 N–H and O–H groups in total. The number of benzene rings is 3. The number of phenols is 2. The van der Waals surface area contributed by atoms with E-state index in [-0.39, 0.29) is 77.9 Å². The van der Waals surface area contributed by atoms with Gasteiger partial charge in [-0.05, 0) is 49.2 Å². The van der Waals surface area contributed by atoms with E-state index >= 15 is 0 Å². The van der Waals surface area contributed by atoms with Crippen molar-refractivity contribution >= 4 is 0 Å². The van der Waals surface area contributed by atoms with Gasteiger partial charge in [0.05, 0.1) is 11.6 Å². The molecule has 0 aromatic heterocycles. The molecule has 6 heteroatoms. The summed E-state index contributed by atoms with van der Waals surface area (Å²) in [6.07, 6.45) is 0. The van der Waals surface area contributed by atoms with Gasteiger partial charge in [0.15, 0.2) is 0 Å². The molecular weight excluding hydrogens is 487 g/mol. The quantitative estimate of drug-likeness (QED) is 0.344. The Kier molecular flexibility index (Phi) is 36.2. The minimum atomic E-state index is 0. The van der Waals surface area contributed by atoms with Crippen molar-refractivity contribution in [2.45, 2.75) is 13.8 Å². The van der Waals surface area contributed by atoms with Crippen molar-refractivity contribution in [3.8, 4) is 17.6 Å². The zero-order valence-corrected chi connectivity index (χ0v) is 22.4. The zero-order chi connectivity index (χ0) is 17.8. The molecule has 161 valence electrons. The van der Waals surface area contributed by atoms with Crippen LogP contribution in [0.3, 0.4) is 0 Å². The predicted molar refractivity (Wildman–Crippen MR) is 116 cm³/mol. The summed E-state index contributed by atoms with van der Waals surface area (Å²) < 4.78 is 0. The van der Waals surface area contributed by atoms with E-state index in [1.807, 2.05) is 62.4 Å². The Labute approximate surface area is 219 Å². The van der Waals surface area contributed by atoms with Crippen molar-refractivity contribution in [1.82, 2.24) is 0 Å². The largest absolute Gasteiger partial charge is 0.508 e. The van der Waals surface area contributed by atoms with Crippen molar-refractivity contribution in [3.63, 3.8) is 0 Å². The molecule has 0 fully saturated rings. The summed E-state index contributed by atoms with van der Waals surface area (Å²) in [5, 5.41) is 26.0. The molecule has 0 unspecified atom stereocenters. The first-order chi connectivity index (χ1) is 11.5. The van der Waals surface area contributed by atoms with Crippen LogP contribution in [0.25, 0.3) is 0 Å². The number of para-hydroxylation sites is 2. The summed E-state index contributed by atoms with van der Waals surface area (Å²) in [4.78, 5) is 0. The first kappa shape index (κ1) is 42.6. The molecule has 0 aliphatic heterocycles. The van der Waals surface area contributed by atoms with Gasteiger partial charge in [-0.25, -0.2) is 0 Å². The van der Waals surface area contributed by atoms with Crippen LogP contribution in [0.5, 0.6) is 11.5 Å². The Morgan fingerprint density at radius 1 is 0.600 bits per heavy atom. The third-order valence-corrected chi connectivity index (χ3v) is 3.14. The molecular formula is C24H30NO2V3-3. The summed E-state index contributed by atoms with van der Waals surface area (Å²) in [5.74, 6) is 0.690. The van der Waals surface area contributed by atoms with E-state index in [4.69, 9.17) is 15.5 Å². The molecule has 0 amide bonds. The molecule has 0 heterocycles. The minimum absolute atomic E-state index is 0. The number of nitriles is 1. The van der Waals surface area contributed by atoms with Gasteiger partial charge in [0.25, 0.3) is 0 Å². The molecule has 3 nitrogen and oxygen atoms in total. The fraction of sp³-hybridized carbons (Fsp3) is 0.0833. The molecule has 0 spiro atoms. The number of rotatable bonds is 0. The number of aromatic hydroxyl groups is 2. The summed E-state index contributed by atoms with van der Waals surface area (Å²) in [6, 6.07) is 25.6.